The molecule has 27 heavy (non-hydrogen) atoms. The van der Waals surface area contributed by atoms with Crippen LogP contribution in [0.15, 0.2) is 30.6 Å². The Morgan fingerprint density at radius 1 is 1.15 bits per heavy atom. The molecule has 0 bridgehead atoms. The van der Waals surface area contributed by atoms with Gasteiger partial charge in [0.1, 0.15) is 12.0 Å². The SMILES string of the molecule is CCOC(=O)c1ccc(Nc2ncnc(Nc3nc(C)c(C)s3)c2N)cc1. The van der Waals surface area contributed by atoms with Crippen molar-refractivity contribution in [3.05, 3.63) is 46.7 Å². The van der Waals surface area contributed by atoms with Crippen LogP contribution in [0.2, 0.25) is 0 Å². The molecule has 0 aliphatic heterocycles. The van der Waals surface area contributed by atoms with Crippen LogP contribution in [-0.4, -0.2) is 27.5 Å². The van der Waals surface area contributed by atoms with Crippen molar-refractivity contribution in [2.75, 3.05) is 23.0 Å². The Balaban J connectivity index is 1.76. The van der Waals surface area contributed by atoms with Gasteiger partial charge in [0, 0.05) is 10.6 Å². The van der Waals surface area contributed by atoms with Crippen molar-refractivity contribution in [3.63, 3.8) is 0 Å². The summed E-state index contributed by atoms with van der Waals surface area (Å²) in [4.78, 5) is 25.7. The van der Waals surface area contributed by atoms with Crippen molar-refractivity contribution < 1.29 is 9.53 Å². The Morgan fingerprint density at radius 3 is 2.41 bits per heavy atom. The summed E-state index contributed by atoms with van der Waals surface area (Å²) >= 11 is 1.53. The molecule has 0 saturated carbocycles. The molecule has 0 aliphatic rings. The molecule has 140 valence electrons. The summed E-state index contributed by atoms with van der Waals surface area (Å²) in [5, 5.41) is 6.98. The number of nitrogens with zero attached hydrogens (tertiary/aromatic N) is 3. The first-order chi connectivity index (χ1) is 13.0. The summed E-state index contributed by atoms with van der Waals surface area (Å²) in [5.41, 5.74) is 8.75. The monoisotopic (exact) mass is 384 g/mol. The molecule has 0 aliphatic carbocycles. The number of carbonyl (C=O) groups is 1. The number of hydrogen-bond acceptors (Lipinski definition) is 9. The van der Waals surface area contributed by atoms with Crippen LogP contribution in [0.25, 0.3) is 0 Å². The Bertz CT molecular complexity index is 935. The molecular formula is C18H20N6O2S. The lowest BCUT2D eigenvalue weighted by atomic mass is 10.2. The third-order valence-corrected chi connectivity index (χ3v) is 4.78. The molecule has 3 rings (SSSR count). The van der Waals surface area contributed by atoms with Crippen molar-refractivity contribution in [1.82, 2.24) is 15.0 Å². The average molecular weight is 384 g/mol. The van der Waals surface area contributed by atoms with Crippen LogP contribution in [0.3, 0.4) is 0 Å². The van der Waals surface area contributed by atoms with E-state index in [2.05, 4.69) is 25.6 Å². The minimum absolute atomic E-state index is 0.338. The van der Waals surface area contributed by atoms with E-state index in [1.54, 1.807) is 31.2 Å². The standard InChI is InChI=1S/C18H20N6O2S/c1-4-26-17(25)12-5-7-13(8-6-12)23-15-14(19)16(21-9-20-15)24-18-22-10(2)11(3)27-18/h5-9H,4,19H2,1-3H3,(H2,20,21,22,23,24). The maximum atomic E-state index is 11.7. The molecule has 3 aromatic rings. The summed E-state index contributed by atoms with van der Waals surface area (Å²) in [6.45, 7) is 6.07. The first-order valence-corrected chi connectivity index (χ1v) is 9.15. The van der Waals surface area contributed by atoms with E-state index in [9.17, 15) is 4.79 Å². The van der Waals surface area contributed by atoms with Crippen LogP contribution in [0.4, 0.5) is 28.1 Å². The molecule has 0 amide bonds. The Kier molecular flexibility index (Phi) is 5.51. The largest absolute Gasteiger partial charge is 0.462 e. The van der Waals surface area contributed by atoms with E-state index in [4.69, 9.17) is 10.5 Å². The van der Waals surface area contributed by atoms with Gasteiger partial charge in [-0.2, -0.15) is 0 Å². The second-order valence-corrected chi connectivity index (χ2v) is 6.90. The quantitative estimate of drug-likeness (QED) is 0.550. The van der Waals surface area contributed by atoms with Gasteiger partial charge >= 0.3 is 5.97 Å². The summed E-state index contributed by atoms with van der Waals surface area (Å²) in [5.74, 6) is 0.580. The van der Waals surface area contributed by atoms with Gasteiger partial charge in [-0.05, 0) is 45.0 Å². The van der Waals surface area contributed by atoms with Gasteiger partial charge in [0.15, 0.2) is 16.8 Å². The highest BCUT2D eigenvalue weighted by Gasteiger charge is 2.12. The highest BCUT2D eigenvalue weighted by Crippen LogP contribution is 2.30. The van der Waals surface area contributed by atoms with Crippen LogP contribution in [0.5, 0.6) is 0 Å². The van der Waals surface area contributed by atoms with Gasteiger partial charge in [0.05, 0.1) is 17.9 Å². The molecule has 9 heteroatoms. The molecule has 0 atom stereocenters. The maximum Gasteiger partial charge on any atom is 0.338 e. The molecule has 2 aromatic heterocycles. The van der Waals surface area contributed by atoms with E-state index in [-0.39, 0.29) is 5.97 Å². The zero-order chi connectivity index (χ0) is 19.4. The topological polar surface area (TPSA) is 115 Å². The van der Waals surface area contributed by atoms with E-state index in [1.807, 2.05) is 13.8 Å². The van der Waals surface area contributed by atoms with Gasteiger partial charge in [-0.15, -0.1) is 11.3 Å². The van der Waals surface area contributed by atoms with Crippen LogP contribution in [0.1, 0.15) is 27.9 Å². The predicted octanol–water partition coefficient (Wildman–Crippen LogP) is 3.80. The van der Waals surface area contributed by atoms with Crippen molar-refractivity contribution in [1.29, 1.82) is 0 Å². The number of ether oxygens (including phenoxy) is 1. The number of anilines is 5. The number of aromatic nitrogens is 3. The second-order valence-electron chi connectivity index (χ2n) is 5.69. The maximum absolute atomic E-state index is 11.7. The summed E-state index contributed by atoms with van der Waals surface area (Å²) in [7, 11) is 0. The highest BCUT2D eigenvalue weighted by atomic mass is 32.1. The Hall–Kier alpha value is -3.20. The fourth-order valence-electron chi connectivity index (χ4n) is 2.26. The fraction of sp³-hybridized carbons (Fsp3) is 0.222. The first kappa shape index (κ1) is 18.6. The Labute approximate surface area is 160 Å². The van der Waals surface area contributed by atoms with E-state index >= 15 is 0 Å². The van der Waals surface area contributed by atoms with E-state index in [1.165, 1.54) is 17.7 Å². The van der Waals surface area contributed by atoms with Gasteiger partial charge in [-0.25, -0.2) is 19.7 Å². The number of nitrogen functional groups attached to an aromatic ring is 1. The highest BCUT2D eigenvalue weighted by molar-refractivity contribution is 7.15. The van der Waals surface area contributed by atoms with Crippen LogP contribution < -0.4 is 16.4 Å². The van der Waals surface area contributed by atoms with Crippen LogP contribution >= 0.6 is 11.3 Å². The number of hydrogen-bond donors (Lipinski definition) is 3. The van der Waals surface area contributed by atoms with Gasteiger partial charge in [0.2, 0.25) is 0 Å². The molecule has 1 aromatic carbocycles. The van der Waals surface area contributed by atoms with Crippen LogP contribution in [-0.2, 0) is 4.74 Å². The predicted molar refractivity (Wildman–Crippen MR) is 107 cm³/mol. The van der Waals surface area contributed by atoms with E-state index < -0.39 is 0 Å². The minimum atomic E-state index is -0.355. The number of carbonyl (C=O) groups excluding carboxylic acids is 1. The normalized spacial score (nSPS) is 10.5. The van der Waals surface area contributed by atoms with Crippen molar-refractivity contribution >= 4 is 45.4 Å². The summed E-state index contributed by atoms with van der Waals surface area (Å²) in [6, 6.07) is 6.87. The average Bonchev–Trinajstić information content (AvgIpc) is 2.96. The molecule has 0 fully saturated rings. The second kappa shape index (κ2) is 8.00. The number of nitrogens with two attached hydrogens (primary N) is 1. The molecule has 0 unspecified atom stereocenters. The van der Waals surface area contributed by atoms with Crippen molar-refractivity contribution in [2.45, 2.75) is 20.8 Å². The molecular weight excluding hydrogens is 364 g/mol. The molecule has 2 heterocycles. The van der Waals surface area contributed by atoms with Crippen molar-refractivity contribution in [3.8, 4) is 0 Å². The molecule has 4 N–H and O–H groups in total. The third-order valence-electron chi connectivity index (χ3n) is 3.80. The first-order valence-electron chi connectivity index (χ1n) is 8.33. The third kappa shape index (κ3) is 4.32. The minimum Gasteiger partial charge on any atom is -0.462 e. The number of thiazole rings is 1. The number of aryl methyl sites for hydroxylation is 2. The van der Waals surface area contributed by atoms with Crippen LogP contribution in [0, 0.1) is 13.8 Å². The fourth-order valence-corrected chi connectivity index (χ4v) is 3.08. The summed E-state index contributed by atoms with van der Waals surface area (Å²) < 4.78 is 4.97. The van der Waals surface area contributed by atoms with Gasteiger partial charge in [0.25, 0.3) is 0 Å². The Morgan fingerprint density at radius 2 is 1.81 bits per heavy atom. The molecule has 8 nitrogen and oxygen atoms in total. The lowest BCUT2D eigenvalue weighted by Gasteiger charge is -2.11. The van der Waals surface area contributed by atoms with E-state index in [0.29, 0.717) is 29.5 Å². The molecule has 0 saturated heterocycles. The smallest absolute Gasteiger partial charge is 0.338 e. The van der Waals surface area contributed by atoms with E-state index in [0.717, 1.165) is 21.4 Å². The zero-order valence-electron chi connectivity index (χ0n) is 15.2. The summed E-state index contributed by atoms with van der Waals surface area (Å²) in [6.07, 6.45) is 1.42. The van der Waals surface area contributed by atoms with Gasteiger partial charge in [-0.3, -0.25) is 0 Å². The lowest BCUT2D eigenvalue weighted by Crippen LogP contribution is -2.06. The molecule has 0 spiro atoms. The van der Waals surface area contributed by atoms with Gasteiger partial charge < -0.3 is 21.1 Å². The molecule has 0 radical (unpaired) electrons. The number of rotatable bonds is 6. The number of esters is 1. The van der Waals surface area contributed by atoms with Crippen molar-refractivity contribution in [2.24, 2.45) is 0 Å². The number of benzene rings is 1. The number of nitrogens with one attached hydrogen (secondary N) is 2. The van der Waals surface area contributed by atoms with Gasteiger partial charge in [-0.1, -0.05) is 0 Å². The lowest BCUT2D eigenvalue weighted by molar-refractivity contribution is 0.0526. The zero-order valence-corrected chi connectivity index (χ0v) is 16.1.